The van der Waals surface area contributed by atoms with Gasteiger partial charge in [0.15, 0.2) is 0 Å². The fraction of sp³-hybridized carbons (Fsp3) is 0.333. The van der Waals surface area contributed by atoms with Gasteiger partial charge in [-0.25, -0.2) is 9.78 Å². The highest BCUT2D eigenvalue weighted by Crippen LogP contribution is 2.17. The number of anilines is 1. The summed E-state index contributed by atoms with van der Waals surface area (Å²) >= 11 is 0. The van der Waals surface area contributed by atoms with Gasteiger partial charge in [-0.2, -0.15) is 0 Å². The van der Waals surface area contributed by atoms with Gasteiger partial charge in [-0.15, -0.1) is 0 Å². The van der Waals surface area contributed by atoms with Crippen molar-refractivity contribution >= 4 is 11.8 Å². The van der Waals surface area contributed by atoms with Crippen molar-refractivity contribution in [2.24, 2.45) is 0 Å². The zero-order valence-electron chi connectivity index (χ0n) is 9.18. The quantitative estimate of drug-likeness (QED) is 0.771. The van der Waals surface area contributed by atoms with Gasteiger partial charge in [0.25, 0.3) is 0 Å². The Morgan fingerprint density at radius 2 is 2.31 bits per heavy atom. The first-order valence-electron chi connectivity index (χ1n) is 5.27. The van der Waals surface area contributed by atoms with Crippen molar-refractivity contribution in [3.8, 4) is 0 Å². The van der Waals surface area contributed by atoms with Crippen LogP contribution in [0.2, 0.25) is 0 Å². The number of aromatic carboxylic acids is 1. The fourth-order valence-electron chi connectivity index (χ4n) is 1.81. The Balaban J connectivity index is 2.16. The van der Waals surface area contributed by atoms with Crippen molar-refractivity contribution in [1.29, 1.82) is 0 Å². The molecule has 0 saturated carbocycles. The number of carboxylic acids is 1. The van der Waals surface area contributed by atoms with E-state index in [1.165, 1.54) is 11.8 Å². The van der Waals surface area contributed by atoms with Crippen molar-refractivity contribution in [1.82, 2.24) is 4.98 Å². The Labute approximate surface area is 94.2 Å². The molecule has 4 nitrogen and oxygen atoms in total. The zero-order chi connectivity index (χ0) is 11.5. The van der Waals surface area contributed by atoms with E-state index in [0.29, 0.717) is 0 Å². The molecule has 0 atom stereocenters. The molecular formula is C12H14N2O2. The smallest absolute Gasteiger partial charge is 0.337 e. The molecule has 0 fully saturated rings. The van der Waals surface area contributed by atoms with Crippen LogP contribution in [0.4, 0.5) is 5.82 Å². The molecular weight excluding hydrogens is 204 g/mol. The van der Waals surface area contributed by atoms with Crippen molar-refractivity contribution < 1.29 is 9.90 Å². The Hall–Kier alpha value is -1.84. The number of rotatable bonds is 2. The molecule has 0 spiro atoms. The van der Waals surface area contributed by atoms with Crippen LogP contribution in [0.25, 0.3) is 0 Å². The summed E-state index contributed by atoms with van der Waals surface area (Å²) < 4.78 is 0. The molecule has 0 aliphatic carbocycles. The Morgan fingerprint density at radius 1 is 1.50 bits per heavy atom. The van der Waals surface area contributed by atoms with Gasteiger partial charge in [-0.3, -0.25) is 0 Å². The molecule has 1 aliphatic heterocycles. The second-order valence-electron chi connectivity index (χ2n) is 3.97. The van der Waals surface area contributed by atoms with Gasteiger partial charge in [0.1, 0.15) is 5.82 Å². The number of aromatic nitrogens is 1. The van der Waals surface area contributed by atoms with E-state index in [0.717, 1.165) is 25.3 Å². The summed E-state index contributed by atoms with van der Waals surface area (Å²) in [6.07, 6.45) is 4.65. The predicted octanol–water partition coefficient (Wildman–Crippen LogP) is 1.94. The maximum absolute atomic E-state index is 10.7. The minimum atomic E-state index is -0.936. The average Bonchev–Trinajstić information content (AvgIpc) is 2.29. The third kappa shape index (κ3) is 2.21. The van der Waals surface area contributed by atoms with E-state index in [4.69, 9.17) is 5.11 Å². The number of hydrogen-bond acceptors (Lipinski definition) is 3. The number of nitrogens with zero attached hydrogens (tertiary/aromatic N) is 2. The zero-order valence-corrected chi connectivity index (χ0v) is 9.18. The standard InChI is InChI=1S/C12H14N2O2/c1-9-3-2-6-14(8-9)11-5-4-10(7-13-11)12(15)16/h3-5,7H,2,6,8H2,1H3,(H,15,16). The highest BCUT2D eigenvalue weighted by molar-refractivity contribution is 5.87. The average molecular weight is 218 g/mol. The van der Waals surface area contributed by atoms with Gasteiger partial charge in [-0.1, -0.05) is 11.6 Å². The number of pyridine rings is 1. The summed E-state index contributed by atoms with van der Waals surface area (Å²) in [6, 6.07) is 3.36. The van der Waals surface area contributed by atoms with Crippen LogP contribution in [-0.2, 0) is 0 Å². The van der Waals surface area contributed by atoms with Crippen LogP contribution in [0.3, 0.4) is 0 Å². The minimum absolute atomic E-state index is 0.230. The van der Waals surface area contributed by atoms with Crippen molar-refractivity contribution in [2.45, 2.75) is 13.3 Å². The maximum Gasteiger partial charge on any atom is 0.337 e. The van der Waals surface area contributed by atoms with Gasteiger partial charge in [-0.05, 0) is 25.5 Å². The van der Waals surface area contributed by atoms with Crippen LogP contribution in [0.5, 0.6) is 0 Å². The topological polar surface area (TPSA) is 53.4 Å². The molecule has 84 valence electrons. The summed E-state index contributed by atoms with van der Waals surface area (Å²) in [4.78, 5) is 17.0. The SMILES string of the molecule is CC1=CCCN(c2ccc(C(=O)O)cn2)C1. The van der Waals surface area contributed by atoms with Gasteiger partial charge in [0.2, 0.25) is 0 Å². The molecule has 0 aromatic carbocycles. The summed E-state index contributed by atoms with van der Waals surface area (Å²) in [6.45, 7) is 3.91. The first kappa shape index (κ1) is 10.7. The third-order valence-electron chi connectivity index (χ3n) is 2.65. The largest absolute Gasteiger partial charge is 0.478 e. The number of hydrogen-bond donors (Lipinski definition) is 1. The summed E-state index contributed by atoms with van der Waals surface area (Å²) in [5, 5.41) is 8.77. The normalized spacial score (nSPS) is 15.8. The van der Waals surface area contributed by atoms with Gasteiger partial charge < -0.3 is 10.0 Å². The molecule has 1 aliphatic rings. The molecule has 2 rings (SSSR count). The molecule has 1 aromatic heterocycles. The van der Waals surface area contributed by atoms with E-state index < -0.39 is 5.97 Å². The lowest BCUT2D eigenvalue weighted by Gasteiger charge is -2.27. The van der Waals surface area contributed by atoms with Crippen molar-refractivity contribution in [3.63, 3.8) is 0 Å². The summed E-state index contributed by atoms with van der Waals surface area (Å²) in [5.41, 5.74) is 1.56. The molecule has 0 saturated heterocycles. The van der Waals surface area contributed by atoms with Crippen LogP contribution in [-0.4, -0.2) is 29.1 Å². The molecule has 0 bridgehead atoms. The van der Waals surface area contributed by atoms with E-state index in [1.807, 2.05) is 0 Å². The highest BCUT2D eigenvalue weighted by Gasteiger charge is 2.12. The van der Waals surface area contributed by atoms with Gasteiger partial charge >= 0.3 is 5.97 Å². The molecule has 2 heterocycles. The third-order valence-corrected chi connectivity index (χ3v) is 2.65. The lowest BCUT2D eigenvalue weighted by atomic mass is 10.1. The molecule has 1 N–H and O–H groups in total. The lowest BCUT2D eigenvalue weighted by molar-refractivity contribution is 0.0696. The summed E-state index contributed by atoms with van der Waals surface area (Å²) in [7, 11) is 0. The van der Waals surface area contributed by atoms with E-state index in [1.54, 1.807) is 12.1 Å². The van der Waals surface area contributed by atoms with Gasteiger partial charge in [0, 0.05) is 19.3 Å². The highest BCUT2D eigenvalue weighted by atomic mass is 16.4. The van der Waals surface area contributed by atoms with Crippen LogP contribution in [0.15, 0.2) is 30.0 Å². The van der Waals surface area contributed by atoms with Crippen molar-refractivity contribution in [2.75, 3.05) is 18.0 Å². The predicted molar refractivity (Wildman–Crippen MR) is 61.8 cm³/mol. The Bertz CT molecular complexity index is 423. The van der Waals surface area contributed by atoms with E-state index in [-0.39, 0.29) is 5.56 Å². The molecule has 16 heavy (non-hydrogen) atoms. The van der Waals surface area contributed by atoms with Crippen molar-refractivity contribution in [3.05, 3.63) is 35.5 Å². The van der Waals surface area contributed by atoms with Crippen LogP contribution in [0.1, 0.15) is 23.7 Å². The van der Waals surface area contributed by atoms with Crippen LogP contribution < -0.4 is 4.90 Å². The fourth-order valence-corrected chi connectivity index (χ4v) is 1.81. The lowest BCUT2D eigenvalue weighted by Crippen LogP contribution is -2.29. The van der Waals surface area contributed by atoms with Crippen LogP contribution >= 0.6 is 0 Å². The summed E-state index contributed by atoms with van der Waals surface area (Å²) in [5.74, 6) is -0.0915. The molecule has 1 aromatic rings. The first-order valence-corrected chi connectivity index (χ1v) is 5.27. The molecule has 0 radical (unpaired) electrons. The minimum Gasteiger partial charge on any atom is -0.478 e. The first-order chi connectivity index (χ1) is 7.66. The second kappa shape index (κ2) is 4.35. The maximum atomic E-state index is 10.7. The number of carboxylic acid groups (broad SMARTS) is 1. The monoisotopic (exact) mass is 218 g/mol. The Morgan fingerprint density at radius 3 is 2.88 bits per heavy atom. The van der Waals surface area contributed by atoms with Gasteiger partial charge in [0.05, 0.1) is 5.56 Å². The second-order valence-corrected chi connectivity index (χ2v) is 3.97. The molecule has 0 amide bonds. The molecule has 4 heteroatoms. The van der Waals surface area contributed by atoms with Crippen LogP contribution in [0, 0.1) is 0 Å². The Kier molecular flexibility index (Phi) is 2.90. The van der Waals surface area contributed by atoms with E-state index in [9.17, 15) is 4.79 Å². The molecule has 0 unspecified atom stereocenters. The number of carbonyl (C=O) groups is 1. The van der Waals surface area contributed by atoms with E-state index in [2.05, 4.69) is 22.9 Å². The van der Waals surface area contributed by atoms with E-state index >= 15 is 0 Å².